The van der Waals surface area contributed by atoms with Gasteiger partial charge >= 0.3 is 0 Å². The van der Waals surface area contributed by atoms with Crippen LogP contribution >= 0.6 is 24.0 Å². The van der Waals surface area contributed by atoms with Gasteiger partial charge in [-0.3, -0.25) is 4.99 Å². The van der Waals surface area contributed by atoms with Gasteiger partial charge in [-0.25, -0.2) is 0 Å². The fourth-order valence-electron chi connectivity index (χ4n) is 2.66. The Hall–Kier alpha value is -0.0400. The average molecular weight is 396 g/mol. The van der Waals surface area contributed by atoms with E-state index in [1.807, 2.05) is 0 Å². The van der Waals surface area contributed by atoms with E-state index in [2.05, 4.69) is 36.0 Å². The number of hydrogen-bond donors (Lipinski definition) is 2. The molecular weight excluding hydrogens is 363 g/mol. The molecule has 120 valence electrons. The van der Waals surface area contributed by atoms with Crippen molar-refractivity contribution in [1.82, 2.24) is 10.2 Å². The summed E-state index contributed by atoms with van der Waals surface area (Å²) >= 11 is 0. The number of nitrogens with one attached hydrogen (secondary N) is 1. The van der Waals surface area contributed by atoms with Crippen LogP contribution in [0.25, 0.3) is 0 Å². The van der Waals surface area contributed by atoms with Crippen LogP contribution in [0.4, 0.5) is 0 Å². The van der Waals surface area contributed by atoms with E-state index < -0.39 is 0 Å². The summed E-state index contributed by atoms with van der Waals surface area (Å²) in [5, 5.41) is 3.18. The normalized spacial score (nSPS) is 20.8. The van der Waals surface area contributed by atoms with Crippen molar-refractivity contribution in [3.05, 3.63) is 0 Å². The van der Waals surface area contributed by atoms with Gasteiger partial charge in [0.15, 0.2) is 5.96 Å². The molecule has 1 heterocycles. The number of unbranched alkanes of at least 4 members (excludes halogenated alkanes) is 1. The van der Waals surface area contributed by atoms with Gasteiger partial charge < -0.3 is 16.0 Å². The Morgan fingerprint density at radius 3 is 2.85 bits per heavy atom. The van der Waals surface area contributed by atoms with Crippen LogP contribution in [0.1, 0.15) is 46.5 Å². The van der Waals surface area contributed by atoms with Gasteiger partial charge in [-0.05, 0) is 37.6 Å². The Kier molecular flexibility index (Phi) is 11.6. The van der Waals surface area contributed by atoms with Crippen molar-refractivity contribution in [2.24, 2.45) is 22.6 Å². The molecule has 0 amide bonds. The van der Waals surface area contributed by atoms with Gasteiger partial charge in [0, 0.05) is 26.2 Å². The number of aliphatic imine (C=N–C) groups is 1. The molecule has 0 radical (unpaired) electrons. The van der Waals surface area contributed by atoms with Crippen molar-refractivity contribution < 1.29 is 0 Å². The van der Waals surface area contributed by atoms with E-state index >= 15 is 0 Å². The monoisotopic (exact) mass is 396 g/mol. The van der Waals surface area contributed by atoms with E-state index in [1.54, 1.807) is 0 Å². The maximum Gasteiger partial charge on any atom is 0.188 e. The lowest BCUT2D eigenvalue weighted by atomic mass is 9.97. The van der Waals surface area contributed by atoms with Crippen LogP contribution in [0.3, 0.4) is 0 Å². The first-order valence-corrected chi connectivity index (χ1v) is 7.88. The Balaban J connectivity index is 0.00000361. The predicted molar refractivity (Wildman–Crippen MR) is 98.8 cm³/mol. The summed E-state index contributed by atoms with van der Waals surface area (Å²) in [5.41, 5.74) is 5.87. The molecule has 3 N–H and O–H groups in total. The molecule has 0 bridgehead atoms. The highest BCUT2D eigenvalue weighted by atomic mass is 127. The maximum absolute atomic E-state index is 5.87. The number of guanidine groups is 1. The quantitative estimate of drug-likeness (QED) is 0.301. The standard InChI is InChI=1S/C15H32N4.HI/c1-4-5-8-17-15(16)18-10-14-7-6-9-19(12-14)11-13(2)3;/h13-14H,4-12H2,1-3H3,(H3,16,17,18);1H. The van der Waals surface area contributed by atoms with Crippen LogP contribution in [0.15, 0.2) is 4.99 Å². The molecule has 0 aromatic heterocycles. The molecule has 20 heavy (non-hydrogen) atoms. The highest BCUT2D eigenvalue weighted by molar-refractivity contribution is 14.0. The van der Waals surface area contributed by atoms with Gasteiger partial charge in [0.25, 0.3) is 0 Å². The Morgan fingerprint density at radius 1 is 1.45 bits per heavy atom. The third-order valence-electron chi connectivity index (χ3n) is 3.58. The third kappa shape index (κ3) is 9.00. The number of nitrogens with two attached hydrogens (primary N) is 1. The Bertz CT molecular complexity index is 269. The van der Waals surface area contributed by atoms with Crippen molar-refractivity contribution in [3.8, 4) is 0 Å². The van der Waals surface area contributed by atoms with Gasteiger partial charge in [-0.2, -0.15) is 0 Å². The van der Waals surface area contributed by atoms with Crippen LogP contribution in [-0.4, -0.2) is 43.6 Å². The Morgan fingerprint density at radius 2 is 2.20 bits per heavy atom. The summed E-state index contributed by atoms with van der Waals surface area (Å²) in [5.74, 6) is 2.05. The van der Waals surface area contributed by atoms with E-state index in [9.17, 15) is 0 Å². The van der Waals surface area contributed by atoms with Crippen molar-refractivity contribution in [3.63, 3.8) is 0 Å². The second kappa shape index (κ2) is 11.6. The highest BCUT2D eigenvalue weighted by Gasteiger charge is 2.19. The van der Waals surface area contributed by atoms with E-state index in [1.165, 1.54) is 38.9 Å². The highest BCUT2D eigenvalue weighted by Crippen LogP contribution is 2.17. The number of rotatable bonds is 7. The molecule has 1 rings (SSSR count). The van der Waals surface area contributed by atoms with Crippen LogP contribution in [0.2, 0.25) is 0 Å². The maximum atomic E-state index is 5.87. The van der Waals surface area contributed by atoms with E-state index in [0.717, 1.165) is 25.4 Å². The second-order valence-electron chi connectivity index (χ2n) is 6.17. The largest absolute Gasteiger partial charge is 0.370 e. The number of hydrogen-bond acceptors (Lipinski definition) is 2. The number of piperidine rings is 1. The predicted octanol–water partition coefficient (Wildman–Crippen LogP) is 2.68. The molecule has 0 saturated carbocycles. The lowest BCUT2D eigenvalue weighted by Gasteiger charge is -2.33. The van der Waals surface area contributed by atoms with Crippen LogP contribution < -0.4 is 11.1 Å². The van der Waals surface area contributed by atoms with Crippen LogP contribution in [0, 0.1) is 11.8 Å². The molecule has 1 atom stereocenters. The zero-order valence-electron chi connectivity index (χ0n) is 13.4. The minimum absolute atomic E-state index is 0. The minimum atomic E-state index is 0. The fourth-order valence-corrected chi connectivity index (χ4v) is 2.66. The van der Waals surface area contributed by atoms with Crippen LogP contribution in [0.5, 0.6) is 0 Å². The van der Waals surface area contributed by atoms with Gasteiger partial charge in [0.05, 0.1) is 0 Å². The number of nitrogens with zero attached hydrogens (tertiary/aromatic N) is 2. The lowest BCUT2D eigenvalue weighted by Crippen LogP contribution is -2.39. The molecule has 0 aromatic rings. The van der Waals surface area contributed by atoms with Crippen molar-refractivity contribution >= 4 is 29.9 Å². The summed E-state index contributed by atoms with van der Waals surface area (Å²) in [6.07, 6.45) is 4.94. The molecule has 0 aliphatic carbocycles. The van der Waals surface area contributed by atoms with Gasteiger partial charge in [-0.15, -0.1) is 24.0 Å². The van der Waals surface area contributed by atoms with Crippen molar-refractivity contribution in [1.29, 1.82) is 0 Å². The summed E-state index contributed by atoms with van der Waals surface area (Å²) in [6.45, 7) is 12.2. The molecule has 1 fully saturated rings. The fraction of sp³-hybridized carbons (Fsp3) is 0.933. The molecule has 5 heteroatoms. The van der Waals surface area contributed by atoms with Gasteiger partial charge in [0.2, 0.25) is 0 Å². The first-order valence-electron chi connectivity index (χ1n) is 7.88. The van der Waals surface area contributed by atoms with E-state index in [-0.39, 0.29) is 24.0 Å². The van der Waals surface area contributed by atoms with Gasteiger partial charge in [-0.1, -0.05) is 27.2 Å². The SMILES string of the molecule is CCCCNC(N)=NCC1CCCN(CC(C)C)C1.I. The number of likely N-dealkylation sites (tertiary alicyclic amines) is 1. The van der Waals surface area contributed by atoms with E-state index in [4.69, 9.17) is 5.73 Å². The summed E-state index contributed by atoms with van der Waals surface area (Å²) in [4.78, 5) is 7.07. The topological polar surface area (TPSA) is 53.6 Å². The molecule has 0 aromatic carbocycles. The summed E-state index contributed by atoms with van der Waals surface area (Å²) < 4.78 is 0. The molecule has 0 spiro atoms. The van der Waals surface area contributed by atoms with Crippen LogP contribution in [-0.2, 0) is 0 Å². The molecule has 1 aliphatic rings. The smallest absolute Gasteiger partial charge is 0.188 e. The first-order chi connectivity index (χ1) is 9.11. The number of halogens is 1. The summed E-state index contributed by atoms with van der Waals surface area (Å²) in [6, 6.07) is 0. The molecular formula is C15H33IN4. The first kappa shape index (κ1) is 20.0. The average Bonchev–Trinajstić information content (AvgIpc) is 2.36. The zero-order chi connectivity index (χ0) is 14.1. The van der Waals surface area contributed by atoms with Gasteiger partial charge in [0.1, 0.15) is 0 Å². The second-order valence-corrected chi connectivity index (χ2v) is 6.17. The minimum Gasteiger partial charge on any atom is -0.370 e. The third-order valence-corrected chi connectivity index (χ3v) is 3.58. The van der Waals surface area contributed by atoms with E-state index in [0.29, 0.717) is 11.9 Å². The van der Waals surface area contributed by atoms with Crippen molar-refractivity contribution in [2.45, 2.75) is 46.5 Å². The lowest BCUT2D eigenvalue weighted by molar-refractivity contribution is 0.162. The van der Waals surface area contributed by atoms with Crippen molar-refractivity contribution in [2.75, 3.05) is 32.7 Å². The molecule has 1 unspecified atom stereocenters. The zero-order valence-corrected chi connectivity index (χ0v) is 15.7. The summed E-state index contributed by atoms with van der Waals surface area (Å²) in [7, 11) is 0. The molecule has 4 nitrogen and oxygen atoms in total. The molecule has 1 saturated heterocycles. The Labute approximate surface area is 142 Å². The molecule has 1 aliphatic heterocycles.